The molecule has 2 heterocycles. The zero-order valence-corrected chi connectivity index (χ0v) is 20.0. The third-order valence-corrected chi connectivity index (χ3v) is 5.68. The number of morpholine rings is 1. The fourth-order valence-electron chi connectivity index (χ4n) is 3.89. The second-order valence-corrected chi connectivity index (χ2v) is 8.04. The van der Waals surface area contributed by atoms with Crippen LogP contribution in [-0.4, -0.2) is 68.4 Å². The van der Waals surface area contributed by atoms with Gasteiger partial charge in [0.25, 0.3) is 0 Å². The third kappa shape index (κ3) is 5.64. The van der Waals surface area contributed by atoms with E-state index in [2.05, 4.69) is 9.88 Å². The maximum Gasteiger partial charge on any atom is 0.326 e. The third-order valence-electron chi connectivity index (χ3n) is 5.68. The van der Waals surface area contributed by atoms with E-state index < -0.39 is 17.8 Å². The van der Waals surface area contributed by atoms with E-state index in [4.69, 9.17) is 24.7 Å². The highest BCUT2D eigenvalue weighted by Gasteiger charge is 2.20. The highest BCUT2D eigenvalue weighted by Crippen LogP contribution is 2.38. The summed E-state index contributed by atoms with van der Waals surface area (Å²) < 4.78 is 37.5. The molecule has 1 saturated heterocycles. The monoisotopic (exact) mass is 498 g/mol. The van der Waals surface area contributed by atoms with Crippen LogP contribution in [0.5, 0.6) is 23.0 Å². The van der Waals surface area contributed by atoms with Gasteiger partial charge in [-0.15, -0.1) is 0 Å². The molecule has 11 heteroatoms. The number of nitrogens with zero attached hydrogens (tertiary/aromatic N) is 3. The second kappa shape index (κ2) is 11.2. The van der Waals surface area contributed by atoms with Crippen LogP contribution in [0.15, 0.2) is 42.6 Å². The first-order chi connectivity index (χ1) is 17.4. The average molecular weight is 499 g/mol. The van der Waals surface area contributed by atoms with E-state index in [1.54, 1.807) is 24.4 Å². The van der Waals surface area contributed by atoms with E-state index in [1.165, 1.54) is 19.2 Å². The average Bonchev–Trinajstić information content (AvgIpc) is 2.85. The molecule has 4 rings (SSSR count). The number of nitrogens with two attached hydrogens (primary N) is 1. The van der Waals surface area contributed by atoms with Crippen LogP contribution in [0.3, 0.4) is 0 Å². The summed E-state index contributed by atoms with van der Waals surface area (Å²) in [6, 6.07) is 7.75. The van der Waals surface area contributed by atoms with E-state index in [1.807, 2.05) is 0 Å². The molecule has 0 aliphatic carbocycles. The molecule has 3 amide bonds. The Morgan fingerprint density at radius 1 is 1.11 bits per heavy atom. The molecule has 0 atom stereocenters. The van der Waals surface area contributed by atoms with Crippen LogP contribution in [0.25, 0.3) is 10.9 Å². The number of benzene rings is 2. The van der Waals surface area contributed by atoms with Gasteiger partial charge in [0.1, 0.15) is 12.4 Å². The van der Waals surface area contributed by atoms with Gasteiger partial charge in [0.15, 0.2) is 23.1 Å². The Labute approximate surface area is 207 Å². The molecular formula is C25H27FN4O6. The number of fused-ring (bicyclic) bond motifs is 1. The Morgan fingerprint density at radius 2 is 1.89 bits per heavy atom. The summed E-state index contributed by atoms with van der Waals surface area (Å²) in [5, 5.41) is 0.584. The van der Waals surface area contributed by atoms with E-state index in [9.17, 15) is 14.0 Å². The minimum atomic E-state index is -1.01. The lowest BCUT2D eigenvalue weighted by Gasteiger charge is -2.26. The van der Waals surface area contributed by atoms with Gasteiger partial charge in [-0.05, 0) is 24.3 Å². The largest absolute Gasteiger partial charge is 0.493 e. The zero-order valence-electron chi connectivity index (χ0n) is 20.0. The van der Waals surface area contributed by atoms with E-state index >= 15 is 0 Å². The minimum Gasteiger partial charge on any atom is -0.493 e. The van der Waals surface area contributed by atoms with E-state index in [0.29, 0.717) is 39.7 Å². The Kier molecular flexibility index (Phi) is 7.81. The molecule has 190 valence electrons. The van der Waals surface area contributed by atoms with E-state index in [-0.39, 0.29) is 11.4 Å². The Hall–Kier alpha value is -3.96. The van der Waals surface area contributed by atoms with Crippen molar-refractivity contribution >= 4 is 28.5 Å². The molecule has 0 spiro atoms. The standard InChI is InChI=1S/C25H27FN4O6/c1-16(31)30(25(27)32)17-3-4-22(19(26)13-17)36-21-5-6-28-20-15-24(23(33-2)14-18(20)21)35-12-9-29-7-10-34-11-8-29/h3-6,13-15H,7-12H2,1-2H3,(H2,27,32). The number of hydrogen-bond donors (Lipinski definition) is 1. The smallest absolute Gasteiger partial charge is 0.326 e. The van der Waals surface area contributed by atoms with E-state index in [0.717, 1.165) is 45.8 Å². The number of pyridine rings is 1. The maximum absolute atomic E-state index is 14.8. The molecule has 0 saturated carbocycles. The molecule has 10 nitrogen and oxygen atoms in total. The van der Waals surface area contributed by atoms with Crippen molar-refractivity contribution in [2.75, 3.05) is 51.5 Å². The van der Waals surface area contributed by atoms with Gasteiger partial charge in [0.05, 0.1) is 31.5 Å². The molecule has 1 aromatic heterocycles. The first-order valence-corrected chi connectivity index (χ1v) is 11.3. The normalized spacial score (nSPS) is 13.9. The number of carbonyl (C=O) groups is 2. The van der Waals surface area contributed by atoms with Crippen molar-refractivity contribution in [1.82, 2.24) is 9.88 Å². The first kappa shape index (κ1) is 25.1. The molecule has 3 aromatic rings. The molecule has 2 aromatic carbocycles. The number of amides is 3. The molecule has 1 aliphatic heterocycles. The van der Waals surface area contributed by atoms with Gasteiger partial charge >= 0.3 is 6.03 Å². The number of urea groups is 1. The summed E-state index contributed by atoms with van der Waals surface area (Å²) >= 11 is 0. The molecule has 1 fully saturated rings. The molecule has 2 N–H and O–H groups in total. The van der Waals surface area contributed by atoms with Crippen LogP contribution >= 0.6 is 0 Å². The number of ether oxygens (including phenoxy) is 4. The van der Waals surface area contributed by atoms with Crippen molar-refractivity contribution in [1.29, 1.82) is 0 Å². The summed E-state index contributed by atoms with van der Waals surface area (Å²) in [5.74, 6) is -0.163. The number of methoxy groups -OCH3 is 1. The topological polar surface area (TPSA) is 116 Å². The number of halogens is 1. The lowest BCUT2D eigenvalue weighted by molar-refractivity contribution is -0.115. The van der Waals surface area contributed by atoms with Crippen LogP contribution in [0.2, 0.25) is 0 Å². The first-order valence-electron chi connectivity index (χ1n) is 11.3. The van der Waals surface area contributed by atoms with Crippen molar-refractivity contribution in [3.63, 3.8) is 0 Å². The van der Waals surface area contributed by atoms with Gasteiger partial charge in [-0.25, -0.2) is 14.1 Å². The number of imide groups is 1. The SMILES string of the molecule is COc1cc2c(Oc3ccc(N(C(C)=O)C(N)=O)cc3F)ccnc2cc1OCCN1CCOCC1. The number of carbonyl (C=O) groups excluding carboxylic acids is 2. The van der Waals surface area contributed by atoms with Gasteiger partial charge in [-0.3, -0.25) is 14.7 Å². The predicted molar refractivity (Wildman–Crippen MR) is 130 cm³/mol. The van der Waals surface area contributed by atoms with Gasteiger partial charge in [-0.2, -0.15) is 0 Å². The number of anilines is 1. The van der Waals surface area contributed by atoms with Crippen LogP contribution in [0, 0.1) is 5.82 Å². The lowest BCUT2D eigenvalue weighted by atomic mass is 10.1. The number of rotatable bonds is 8. The van der Waals surface area contributed by atoms with Crippen molar-refractivity contribution in [3.05, 3.63) is 48.4 Å². The highest BCUT2D eigenvalue weighted by molar-refractivity contribution is 6.12. The fourth-order valence-corrected chi connectivity index (χ4v) is 3.89. The number of aromatic nitrogens is 1. The lowest BCUT2D eigenvalue weighted by Crippen LogP contribution is -2.39. The summed E-state index contributed by atoms with van der Waals surface area (Å²) in [7, 11) is 1.53. The van der Waals surface area contributed by atoms with Crippen molar-refractivity contribution < 1.29 is 32.9 Å². The van der Waals surface area contributed by atoms with Crippen LogP contribution < -0.4 is 24.8 Å². The molecule has 0 radical (unpaired) electrons. The zero-order chi connectivity index (χ0) is 25.7. The van der Waals surface area contributed by atoms with Crippen LogP contribution in [0.1, 0.15) is 6.92 Å². The number of primary amides is 1. The summed E-state index contributed by atoms with van der Waals surface area (Å²) in [6.45, 7) is 5.56. The Bertz CT molecular complexity index is 1250. The minimum absolute atomic E-state index is 0.0000228. The Morgan fingerprint density at radius 3 is 2.56 bits per heavy atom. The second-order valence-electron chi connectivity index (χ2n) is 8.04. The van der Waals surface area contributed by atoms with Gasteiger partial charge < -0.3 is 24.7 Å². The Balaban J connectivity index is 1.55. The fraction of sp³-hybridized carbons (Fsp3) is 0.320. The molecule has 36 heavy (non-hydrogen) atoms. The molecule has 0 bridgehead atoms. The summed E-state index contributed by atoms with van der Waals surface area (Å²) in [5.41, 5.74) is 5.80. The molecular weight excluding hydrogens is 471 g/mol. The van der Waals surface area contributed by atoms with Gasteiger partial charge in [-0.1, -0.05) is 0 Å². The van der Waals surface area contributed by atoms with Crippen molar-refractivity contribution in [2.45, 2.75) is 6.92 Å². The maximum atomic E-state index is 14.8. The van der Waals surface area contributed by atoms with Crippen molar-refractivity contribution in [2.24, 2.45) is 5.73 Å². The van der Waals surface area contributed by atoms with Crippen molar-refractivity contribution in [3.8, 4) is 23.0 Å². The summed E-state index contributed by atoms with van der Waals surface area (Å²) in [6.07, 6.45) is 1.54. The summed E-state index contributed by atoms with van der Waals surface area (Å²) in [4.78, 5) is 30.6. The van der Waals surface area contributed by atoms with Crippen LogP contribution in [-0.2, 0) is 9.53 Å². The number of hydrogen-bond acceptors (Lipinski definition) is 8. The molecule has 0 unspecified atom stereocenters. The quantitative estimate of drug-likeness (QED) is 0.503. The highest BCUT2D eigenvalue weighted by atomic mass is 19.1. The van der Waals surface area contributed by atoms with Gasteiger partial charge in [0, 0.05) is 50.3 Å². The van der Waals surface area contributed by atoms with Crippen LogP contribution in [0.4, 0.5) is 14.9 Å². The molecule has 1 aliphatic rings. The predicted octanol–water partition coefficient (Wildman–Crippen LogP) is 3.32. The van der Waals surface area contributed by atoms with Gasteiger partial charge in [0.2, 0.25) is 5.91 Å².